The van der Waals surface area contributed by atoms with Crippen LogP contribution in [0.25, 0.3) is 10.4 Å². The van der Waals surface area contributed by atoms with E-state index >= 15 is 0 Å². The van der Waals surface area contributed by atoms with Crippen molar-refractivity contribution in [1.29, 1.82) is 0 Å². The Hall–Kier alpha value is -2.72. The maximum Gasteiger partial charge on any atom is 0.146 e. The molecule has 2 aromatic carbocycles. The molecule has 0 bridgehead atoms. The normalized spacial score (nSPS) is 14.6. The lowest BCUT2D eigenvalue weighted by Crippen LogP contribution is -2.46. The lowest BCUT2D eigenvalue weighted by Gasteiger charge is -2.37. The van der Waals surface area contributed by atoms with Gasteiger partial charge in [-0.2, -0.15) is 0 Å². The summed E-state index contributed by atoms with van der Waals surface area (Å²) >= 11 is 0. The fourth-order valence-electron chi connectivity index (χ4n) is 2.70. The van der Waals surface area contributed by atoms with Crippen molar-refractivity contribution >= 4 is 17.1 Å². The molecule has 0 N–H and O–H groups in total. The van der Waals surface area contributed by atoms with Gasteiger partial charge in [-0.25, -0.2) is 4.39 Å². The summed E-state index contributed by atoms with van der Waals surface area (Å²) in [6, 6.07) is 14.4. The highest BCUT2D eigenvalue weighted by Crippen LogP contribution is 2.24. The van der Waals surface area contributed by atoms with Crippen molar-refractivity contribution in [3.05, 3.63) is 64.8 Å². The topological polar surface area (TPSA) is 55.2 Å². The first-order valence-corrected chi connectivity index (χ1v) is 7.17. The lowest BCUT2D eigenvalue weighted by atomic mass is 10.2. The number of benzene rings is 2. The Morgan fingerprint density at radius 1 is 0.909 bits per heavy atom. The quantitative estimate of drug-likeness (QED) is 0.486. The molecule has 1 fully saturated rings. The predicted octanol–water partition coefficient (Wildman–Crippen LogP) is 4.09. The largest absolute Gasteiger partial charge is 0.368 e. The van der Waals surface area contributed by atoms with Crippen LogP contribution in [0.15, 0.2) is 53.6 Å². The molecule has 3 rings (SSSR count). The van der Waals surface area contributed by atoms with Crippen LogP contribution in [0.5, 0.6) is 0 Å². The summed E-state index contributed by atoms with van der Waals surface area (Å²) in [6.07, 6.45) is 0. The van der Waals surface area contributed by atoms with Crippen LogP contribution < -0.4 is 9.80 Å². The predicted molar refractivity (Wildman–Crippen MR) is 86.1 cm³/mol. The summed E-state index contributed by atoms with van der Waals surface area (Å²) in [5, 5.41) is 3.57. The van der Waals surface area contributed by atoms with Crippen LogP contribution in [-0.2, 0) is 0 Å². The van der Waals surface area contributed by atoms with Crippen molar-refractivity contribution in [3.63, 3.8) is 0 Å². The van der Waals surface area contributed by atoms with E-state index in [2.05, 4.69) is 19.8 Å². The number of para-hydroxylation sites is 1. The molecule has 0 atom stereocenters. The second kappa shape index (κ2) is 6.37. The number of azide groups is 1. The van der Waals surface area contributed by atoms with Crippen LogP contribution in [0.4, 0.5) is 21.5 Å². The first-order valence-electron chi connectivity index (χ1n) is 7.17. The molecule has 0 aliphatic carbocycles. The summed E-state index contributed by atoms with van der Waals surface area (Å²) in [6.45, 7) is 3.21. The fourth-order valence-corrected chi connectivity index (χ4v) is 2.70. The van der Waals surface area contributed by atoms with Crippen LogP contribution in [0.2, 0.25) is 0 Å². The Morgan fingerprint density at radius 3 is 2.18 bits per heavy atom. The Labute approximate surface area is 128 Å². The number of nitrogens with zero attached hydrogens (tertiary/aromatic N) is 5. The van der Waals surface area contributed by atoms with Gasteiger partial charge in [-0.05, 0) is 29.8 Å². The van der Waals surface area contributed by atoms with Gasteiger partial charge in [0, 0.05) is 42.5 Å². The van der Waals surface area contributed by atoms with E-state index < -0.39 is 0 Å². The lowest BCUT2D eigenvalue weighted by molar-refractivity contribution is 0.598. The first kappa shape index (κ1) is 14.2. The first-order chi connectivity index (χ1) is 10.8. The molecule has 1 saturated heterocycles. The average Bonchev–Trinajstić information content (AvgIpc) is 2.57. The molecule has 1 aliphatic rings. The zero-order valence-corrected chi connectivity index (χ0v) is 12.1. The molecule has 0 amide bonds. The van der Waals surface area contributed by atoms with Gasteiger partial charge in [0.25, 0.3) is 0 Å². The maximum absolute atomic E-state index is 13.8. The van der Waals surface area contributed by atoms with Crippen LogP contribution in [-0.4, -0.2) is 26.2 Å². The molecule has 2 aromatic rings. The van der Waals surface area contributed by atoms with Crippen molar-refractivity contribution in [2.75, 3.05) is 36.0 Å². The highest BCUT2D eigenvalue weighted by atomic mass is 19.1. The van der Waals surface area contributed by atoms with Crippen LogP contribution in [0.3, 0.4) is 0 Å². The number of hydrogen-bond donors (Lipinski definition) is 0. The van der Waals surface area contributed by atoms with Crippen molar-refractivity contribution in [1.82, 2.24) is 0 Å². The van der Waals surface area contributed by atoms with E-state index in [9.17, 15) is 4.39 Å². The SMILES string of the molecule is [N-]=[N+]=Nc1ccc(N2CCN(c3ccccc3F)CC2)cc1. The minimum Gasteiger partial charge on any atom is -0.368 e. The zero-order valence-electron chi connectivity index (χ0n) is 12.1. The van der Waals surface area contributed by atoms with E-state index in [1.807, 2.05) is 24.3 Å². The van der Waals surface area contributed by atoms with E-state index in [-0.39, 0.29) is 5.82 Å². The minimum absolute atomic E-state index is 0.172. The summed E-state index contributed by atoms with van der Waals surface area (Å²) in [4.78, 5) is 7.09. The zero-order chi connectivity index (χ0) is 15.4. The summed E-state index contributed by atoms with van der Waals surface area (Å²) in [7, 11) is 0. The molecular formula is C16H16FN5. The summed E-state index contributed by atoms with van der Waals surface area (Å²) in [5.74, 6) is -0.172. The van der Waals surface area contributed by atoms with Gasteiger partial charge in [0.15, 0.2) is 0 Å². The fraction of sp³-hybridized carbons (Fsp3) is 0.250. The van der Waals surface area contributed by atoms with Crippen LogP contribution in [0.1, 0.15) is 0 Å². The molecular weight excluding hydrogens is 281 g/mol. The van der Waals surface area contributed by atoms with E-state index in [4.69, 9.17) is 5.53 Å². The van der Waals surface area contributed by atoms with Gasteiger partial charge in [-0.3, -0.25) is 0 Å². The van der Waals surface area contributed by atoms with Gasteiger partial charge in [-0.1, -0.05) is 29.4 Å². The van der Waals surface area contributed by atoms with Gasteiger partial charge < -0.3 is 9.80 Å². The molecule has 112 valence electrons. The van der Waals surface area contributed by atoms with Crippen molar-refractivity contribution in [2.24, 2.45) is 5.11 Å². The Kier molecular flexibility index (Phi) is 4.12. The molecule has 0 aromatic heterocycles. The molecule has 6 heteroatoms. The van der Waals surface area contributed by atoms with Gasteiger partial charge in [0.2, 0.25) is 0 Å². The number of halogens is 1. The molecule has 0 radical (unpaired) electrons. The van der Waals surface area contributed by atoms with Crippen molar-refractivity contribution < 1.29 is 4.39 Å². The second-order valence-electron chi connectivity index (χ2n) is 5.13. The van der Waals surface area contributed by atoms with Crippen LogP contribution in [0, 0.1) is 5.82 Å². The Morgan fingerprint density at radius 2 is 1.55 bits per heavy atom. The standard InChI is InChI=1S/C16H16FN5/c17-15-3-1-2-4-16(15)22-11-9-21(10-12-22)14-7-5-13(6-8-14)19-20-18/h1-8H,9-12H2. The molecule has 0 saturated carbocycles. The third-order valence-electron chi connectivity index (χ3n) is 3.85. The van der Waals surface area contributed by atoms with Crippen LogP contribution >= 0.6 is 0 Å². The molecule has 1 aliphatic heterocycles. The number of hydrogen-bond acceptors (Lipinski definition) is 3. The maximum atomic E-state index is 13.8. The van der Waals surface area contributed by atoms with Gasteiger partial charge in [-0.15, -0.1) is 0 Å². The van der Waals surface area contributed by atoms with Gasteiger partial charge >= 0.3 is 0 Å². The summed E-state index contributed by atoms with van der Waals surface area (Å²) in [5.41, 5.74) is 10.8. The third-order valence-corrected chi connectivity index (χ3v) is 3.85. The van der Waals surface area contributed by atoms with E-state index in [1.165, 1.54) is 6.07 Å². The highest BCUT2D eigenvalue weighted by molar-refractivity contribution is 5.55. The second-order valence-corrected chi connectivity index (χ2v) is 5.13. The highest BCUT2D eigenvalue weighted by Gasteiger charge is 2.19. The Balaban J connectivity index is 1.66. The smallest absolute Gasteiger partial charge is 0.146 e. The van der Waals surface area contributed by atoms with E-state index in [0.29, 0.717) is 11.4 Å². The molecule has 22 heavy (non-hydrogen) atoms. The molecule has 0 spiro atoms. The number of rotatable bonds is 3. The van der Waals surface area contributed by atoms with Gasteiger partial charge in [0.1, 0.15) is 5.82 Å². The van der Waals surface area contributed by atoms with Crippen molar-refractivity contribution in [2.45, 2.75) is 0 Å². The molecule has 1 heterocycles. The van der Waals surface area contributed by atoms with Crippen molar-refractivity contribution in [3.8, 4) is 0 Å². The third kappa shape index (κ3) is 2.97. The Bertz CT molecular complexity index is 686. The average molecular weight is 297 g/mol. The minimum atomic E-state index is -0.172. The van der Waals surface area contributed by atoms with E-state index in [1.54, 1.807) is 18.2 Å². The van der Waals surface area contributed by atoms with Gasteiger partial charge in [0.05, 0.1) is 5.69 Å². The molecule has 0 unspecified atom stereocenters. The monoisotopic (exact) mass is 297 g/mol. The van der Waals surface area contributed by atoms with E-state index in [0.717, 1.165) is 31.9 Å². The molecule has 5 nitrogen and oxygen atoms in total. The summed E-state index contributed by atoms with van der Waals surface area (Å²) < 4.78 is 13.8. The number of piperazine rings is 1. The number of anilines is 2.